The van der Waals surface area contributed by atoms with Crippen molar-refractivity contribution in [2.24, 2.45) is 5.92 Å². The van der Waals surface area contributed by atoms with E-state index in [2.05, 4.69) is 13.8 Å². The normalized spacial score (nSPS) is 12.2. The zero-order chi connectivity index (χ0) is 16.8. The molecule has 0 bridgehead atoms. The predicted molar refractivity (Wildman–Crippen MR) is 85.0 cm³/mol. The van der Waals surface area contributed by atoms with Crippen LogP contribution in [0.1, 0.15) is 53.4 Å². The fourth-order valence-electron chi connectivity index (χ4n) is 1.51. The van der Waals surface area contributed by atoms with Crippen LogP contribution in [0.15, 0.2) is 0 Å². The maximum Gasteiger partial charge on any atom is 0.344 e. The second kappa shape index (κ2) is 13.8. The van der Waals surface area contributed by atoms with Crippen molar-refractivity contribution in [1.29, 1.82) is 0 Å². The molecule has 0 N–H and O–H groups in total. The summed E-state index contributed by atoms with van der Waals surface area (Å²) < 4.78 is 14.6. The first-order chi connectivity index (χ1) is 10.5. The molecule has 0 aliphatic carbocycles. The Morgan fingerprint density at radius 2 is 1.82 bits per heavy atom. The Morgan fingerprint density at radius 1 is 1.09 bits per heavy atom. The minimum Gasteiger partial charge on any atom is -0.463 e. The Hall–Kier alpha value is -0.790. The van der Waals surface area contributed by atoms with Crippen molar-refractivity contribution in [2.75, 3.05) is 19.0 Å². The number of unbranched alkanes of at least 4 members (excludes halogenated alkanes) is 1. The lowest BCUT2D eigenvalue weighted by molar-refractivity contribution is -0.220. The number of rotatable bonds is 13. The summed E-state index contributed by atoms with van der Waals surface area (Å²) in [6.07, 6.45) is 4.18. The molecule has 130 valence electrons. The number of carbonyl (C=O) groups excluding carboxylic acids is 2. The average molecular weight is 336 g/mol. The Balaban J connectivity index is 3.68. The zero-order valence-corrected chi connectivity index (χ0v) is 14.8. The molecule has 0 rings (SSSR count). The van der Waals surface area contributed by atoms with Crippen molar-refractivity contribution in [1.82, 2.24) is 0 Å². The van der Waals surface area contributed by atoms with Crippen LogP contribution in [0.4, 0.5) is 0 Å². The SMILES string of the molecule is CCCCC(CC)COC(=O)COC(=O)CSOOC(C)C. The van der Waals surface area contributed by atoms with E-state index < -0.39 is 11.9 Å². The van der Waals surface area contributed by atoms with Crippen LogP contribution in [-0.2, 0) is 28.3 Å². The zero-order valence-electron chi connectivity index (χ0n) is 14.0. The number of carbonyl (C=O) groups is 2. The minimum atomic E-state index is -0.549. The summed E-state index contributed by atoms with van der Waals surface area (Å²) in [6, 6.07) is 0. The van der Waals surface area contributed by atoms with E-state index in [0.29, 0.717) is 12.5 Å². The van der Waals surface area contributed by atoms with Crippen LogP contribution in [0, 0.1) is 5.92 Å². The van der Waals surface area contributed by atoms with Crippen LogP contribution in [0.25, 0.3) is 0 Å². The molecular weight excluding hydrogens is 308 g/mol. The summed E-state index contributed by atoms with van der Waals surface area (Å²) in [5.41, 5.74) is 0. The predicted octanol–water partition coefficient (Wildman–Crippen LogP) is 3.29. The molecule has 0 aromatic heterocycles. The van der Waals surface area contributed by atoms with Gasteiger partial charge in [0.05, 0.1) is 12.7 Å². The van der Waals surface area contributed by atoms with Gasteiger partial charge >= 0.3 is 11.9 Å². The second-order valence-corrected chi connectivity index (χ2v) is 5.90. The molecule has 0 heterocycles. The quantitative estimate of drug-likeness (QED) is 0.168. The van der Waals surface area contributed by atoms with Crippen LogP contribution in [0.2, 0.25) is 0 Å². The van der Waals surface area contributed by atoms with Crippen molar-refractivity contribution < 1.29 is 28.3 Å². The van der Waals surface area contributed by atoms with Gasteiger partial charge in [-0.25, -0.2) is 9.68 Å². The fraction of sp³-hybridized carbons (Fsp3) is 0.867. The summed E-state index contributed by atoms with van der Waals surface area (Å²) in [5.74, 6) is -0.745. The molecule has 6 nitrogen and oxygen atoms in total. The Bertz CT molecular complexity index is 308. The topological polar surface area (TPSA) is 71.1 Å². The molecule has 7 heteroatoms. The van der Waals surface area contributed by atoms with E-state index in [1.165, 1.54) is 0 Å². The maximum absolute atomic E-state index is 11.5. The highest BCUT2D eigenvalue weighted by Crippen LogP contribution is 2.13. The van der Waals surface area contributed by atoms with Gasteiger partial charge in [0.1, 0.15) is 5.75 Å². The van der Waals surface area contributed by atoms with Gasteiger partial charge in [-0.2, -0.15) is 4.33 Å². The number of hydrogen-bond acceptors (Lipinski definition) is 7. The van der Waals surface area contributed by atoms with E-state index in [-0.39, 0.29) is 18.5 Å². The molecule has 0 aromatic carbocycles. The van der Waals surface area contributed by atoms with Crippen LogP contribution in [0.3, 0.4) is 0 Å². The molecule has 0 radical (unpaired) electrons. The van der Waals surface area contributed by atoms with Gasteiger partial charge in [-0.3, -0.25) is 4.79 Å². The minimum absolute atomic E-state index is 0.0475. The first-order valence-corrected chi connectivity index (χ1v) is 8.66. The Morgan fingerprint density at radius 3 is 2.41 bits per heavy atom. The maximum atomic E-state index is 11.5. The van der Waals surface area contributed by atoms with E-state index in [1.807, 2.05) is 0 Å². The lowest BCUT2D eigenvalue weighted by atomic mass is 10.0. The number of ether oxygens (including phenoxy) is 2. The van der Waals surface area contributed by atoms with E-state index in [1.54, 1.807) is 13.8 Å². The summed E-state index contributed by atoms with van der Waals surface area (Å²) in [4.78, 5) is 27.6. The molecule has 0 aliphatic heterocycles. The van der Waals surface area contributed by atoms with Crippen molar-refractivity contribution in [3.8, 4) is 0 Å². The third-order valence-corrected chi connectivity index (χ3v) is 3.36. The summed E-state index contributed by atoms with van der Waals surface area (Å²) >= 11 is 0.823. The van der Waals surface area contributed by atoms with Crippen LogP contribution < -0.4 is 0 Å². The van der Waals surface area contributed by atoms with Gasteiger partial charge in [-0.1, -0.05) is 33.1 Å². The highest BCUT2D eigenvalue weighted by Gasteiger charge is 2.12. The highest BCUT2D eigenvalue weighted by molar-refractivity contribution is 7.95. The van der Waals surface area contributed by atoms with Crippen molar-refractivity contribution in [3.63, 3.8) is 0 Å². The molecule has 1 atom stereocenters. The molecular formula is C15H28O6S. The molecule has 0 aliphatic rings. The molecule has 0 aromatic rings. The van der Waals surface area contributed by atoms with Crippen molar-refractivity contribution in [3.05, 3.63) is 0 Å². The summed E-state index contributed by atoms with van der Waals surface area (Å²) in [7, 11) is 0. The molecule has 0 saturated heterocycles. The Labute approximate surface area is 137 Å². The molecule has 0 saturated carbocycles. The van der Waals surface area contributed by atoms with E-state index in [0.717, 1.165) is 37.7 Å². The van der Waals surface area contributed by atoms with Crippen LogP contribution in [0.5, 0.6) is 0 Å². The lowest BCUT2D eigenvalue weighted by Gasteiger charge is -2.14. The van der Waals surface area contributed by atoms with Crippen LogP contribution >= 0.6 is 12.0 Å². The van der Waals surface area contributed by atoms with Crippen molar-refractivity contribution >= 4 is 24.0 Å². The van der Waals surface area contributed by atoms with Gasteiger partial charge in [0, 0.05) is 12.0 Å². The largest absolute Gasteiger partial charge is 0.463 e. The van der Waals surface area contributed by atoms with Gasteiger partial charge in [-0.05, 0) is 26.2 Å². The first-order valence-electron chi connectivity index (χ1n) is 7.75. The van der Waals surface area contributed by atoms with Crippen molar-refractivity contribution in [2.45, 2.75) is 59.5 Å². The second-order valence-electron chi connectivity index (χ2n) is 5.24. The average Bonchev–Trinajstić information content (AvgIpc) is 2.49. The monoisotopic (exact) mass is 336 g/mol. The van der Waals surface area contributed by atoms with E-state index in [4.69, 9.17) is 18.7 Å². The summed E-state index contributed by atoms with van der Waals surface area (Å²) in [5, 5.41) is 0. The highest BCUT2D eigenvalue weighted by atomic mass is 32.2. The van der Waals surface area contributed by atoms with Gasteiger partial charge in [0.2, 0.25) is 0 Å². The van der Waals surface area contributed by atoms with Crippen LogP contribution in [-0.4, -0.2) is 37.0 Å². The molecule has 22 heavy (non-hydrogen) atoms. The lowest BCUT2D eigenvalue weighted by Crippen LogP contribution is -2.20. The number of hydrogen-bond donors (Lipinski definition) is 0. The third-order valence-electron chi connectivity index (χ3n) is 2.83. The fourth-order valence-corrected chi connectivity index (χ4v) is 1.95. The molecule has 0 fully saturated rings. The number of esters is 2. The Kier molecular flexibility index (Phi) is 13.3. The van der Waals surface area contributed by atoms with Gasteiger partial charge in [0.25, 0.3) is 0 Å². The van der Waals surface area contributed by atoms with Gasteiger partial charge in [0.15, 0.2) is 6.61 Å². The first kappa shape index (κ1) is 21.2. The smallest absolute Gasteiger partial charge is 0.344 e. The molecule has 0 spiro atoms. The summed E-state index contributed by atoms with van der Waals surface area (Å²) in [6.45, 7) is 7.83. The standard InChI is InChI=1S/C15H28O6S/c1-5-7-8-13(6-2)9-18-14(16)10-19-15(17)11-22-21-20-12(3)4/h12-13H,5-11H2,1-4H3. The third kappa shape index (κ3) is 12.9. The molecule has 1 unspecified atom stereocenters. The van der Waals surface area contributed by atoms with Gasteiger partial charge < -0.3 is 9.47 Å². The molecule has 0 amide bonds. The van der Waals surface area contributed by atoms with Gasteiger partial charge in [-0.15, -0.1) is 0 Å². The van der Waals surface area contributed by atoms with E-state index in [9.17, 15) is 9.59 Å². The van der Waals surface area contributed by atoms with E-state index >= 15 is 0 Å².